The zero-order valence-electron chi connectivity index (χ0n) is 34.2. The summed E-state index contributed by atoms with van der Waals surface area (Å²) in [6.07, 6.45) is 7.44. The lowest BCUT2D eigenvalue weighted by atomic mass is 10.1. The second-order valence-electron chi connectivity index (χ2n) is 14.7. The van der Waals surface area contributed by atoms with Gasteiger partial charge in [-0.3, -0.25) is 24.1 Å². The highest BCUT2D eigenvalue weighted by atomic mass is 19.1. The van der Waals surface area contributed by atoms with Crippen molar-refractivity contribution in [2.75, 3.05) is 36.2 Å². The number of hydrogen-bond acceptors (Lipinski definition) is 16. The predicted octanol–water partition coefficient (Wildman–Crippen LogP) is 1.98. The van der Waals surface area contributed by atoms with Crippen molar-refractivity contribution in [3.05, 3.63) is 94.6 Å². The fraction of sp³-hybridized carbons (Fsp3) is 0.325. The van der Waals surface area contributed by atoms with Gasteiger partial charge in [0.25, 0.3) is 11.8 Å². The predicted molar refractivity (Wildman–Crippen MR) is 217 cm³/mol. The van der Waals surface area contributed by atoms with E-state index in [0.29, 0.717) is 34.1 Å². The van der Waals surface area contributed by atoms with Crippen LogP contribution in [0.1, 0.15) is 52.6 Å². The van der Waals surface area contributed by atoms with Gasteiger partial charge in [0.15, 0.2) is 41.0 Å². The Labute approximate surface area is 361 Å². The first-order valence-corrected chi connectivity index (χ1v) is 19.5. The minimum atomic E-state index is -0.872. The van der Waals surface area contributed by atoms with Gasteiger partial charge < -0.3 is 40.2 Å². The molecule has 0 spiro atoms. The van der Waals surface area contributed by atoms with Crippen LogP contribution in [-0.2, 0) is 17.9 Å². The molecule has 0 aromatic carbocycles. The third-order valence-corrected chi connectivity index (χ3v) is 10.1. The van der Waals surface area contributed by atoms with Crippen molar-refractivity contribution in [3.8, 4) is 29.3 Å². The van der Waals surface area contributed by atoms with Crippen molar-refractivity contribution in [3.63, 3.8) is 0 Å². The van der Waals surface area contributed by atoms with E-state index in [0.717, 1.165) is 12.4 Å². The van der Waals surface area contributed by atoms with Gasteiger partial charge in [0, 0.05) is 18.1 Å². The molecular formula is C40H37F2N15O7. The van der Waals surface area contributed by atoms with E-state index in [9.17, 15) is 23.2 Å². The van der Waals surface area contributed by atoms with Crippen LogP contribution in [0.4, 0.5) is 20.4 Å². The Morgan fingerprint density at radius 3 is 1.75 bits per heavy atom. The minimum absolute atomic E-state index is 0.0277. The van der Waals surface area contributed by atoms with Gasteiger partial charge in [-0.05, 0) is 26.0 Å². The van der Waals surface area contributed by atoms with Gasteiger partial charge in [-0.15, -0.1) is 0 Å². The molecule has 0 saturated carbocycles. The number of halogens is 2. The average molecular weight is 878 g/mol. The Kier molecular flexibility index (Phi) is 11.6. The molecule has 4 aliphatic rings. The van der Waals surface area contributed by atoms with Crippen molar-refractivity contribution in [2.45, 2.75) is 58.2 Å². The van der Waals surface area contributed by atoms with Gasteiger partial charge in [-0.25, -0.2) is 44.3 Å². The maximum absolute atomic E-state index is 14.0. The lowest BCUT2D eigenvalue weighted by Gasteiger charge is -2.35. The topological polar surface area (TPSA) is 259 Å². The second-order valence-corrected chi connectivity index (χ2v) is 14.7. The van der Waals surface area contributed by atoms with E-state index in [1.54, 1.807) is 42.1 Å². The molecule has 24 heteroatoms. The number of carbonyl (C=O) groups excluding carboxylic acids is 3. The van der Waals surface area contributed by atoms with Crippen LogP contribution in [0.2, 0.25) is 0 Å². The average Bonchev–Trinajstić information content (AvgIpc) is 3.88. The smallest absolute Gasteiger partial charge is 0.333 e. The van der Waals surface area contributed by atoms with Gasteiger partial charge in [-0.2, -0.15) is 15.5 Å². The molecule has 6 aromatic heterocycles. The number of ether oxygens (including phenoxy) is 4. The van der Waals surface area contributed by atoms with Crippen molar-refractivity contribution in [2.24, 2.45) is 5.73 Å². The lowest BCUT2D eigenvalue weighted by Crippen LogP contribution is -2.51. The molecule has 0 saturated heterocycles. The molecule has 4 N–H and O–H groups in total. The molecule has 64 heavy (non-hydrogen) atoms. The number of fused-ring (bicyclic) bond motifs is 2. The van der Waals surface area contributed by atoms with E-state index in [1.807, 2.05) is 0 Å². The summed E-state index contributed by atoms with van der Waals surface area (Å²) in [5.74, 6) is -0.641. The SMILES string of the molecule is CC#N.C[C@@H]1COc2ncc(F)cc2CN2c3nc4c(cnn4cc3OC[C@H]2C(N)=O)C(=O)N1.[C-]#[N+][C@@H]1COc2cn3ncc4c3nc2N1Cc1cc(F)cnc1OC[C@@H](C)NC4=O. The summed E-state index contributed by atoms with van der Waals surface area (Å²) in [5.41, 5.74) is 7.60. The molecule has 0 unspecified atom stereocenters. The first kappa shape index (κ1) is 42.3. The minimum Gasteiger partial charge on any atom is -0.485 e. The second kappa shape index (κ2) is 17.5. The van der Waals surface area contributed by atoms with E-state index in [2.05, 4.69) is 45.6 Å². The summed E-state index contributed by atoms with van der Waals surface area (Å²) >= 11 is 0. The van der Waals surface area contributed by atoms with Crippen LogP contribution in [0, 0.1) is 29.5 Å². The van der Waals surface area contributed by atoms with E-state index >= 15 is 0 Å². The molecule has 10 rings (SSSR count). The van der Waals surface area contributed by atoms with Crippen LogP contribution >= 0.6 is 0 Å². The Hall–Kier alpha value is -8.41. The summed E-state index contributed by atoms with van der Waals surface area (Å²) < 4.78 is 53.8. The van der Waals surface area contributed by atoms with Crippen LogP contribution < -0.4 is 45.1 Å². The summed E-state index contributed by atoms with van der Waals surface area (Å²) in [4.78, 5) is 61.9. The van der Waals surface area contributed by atoms with Gasteiger partial charge in [0.2, 0.25) is 17.7 Å². The van der Waals surface area contributed by atoms with Crippen molar-refractivity contribution in [1.82, 2.24) is 49.8 Å². The third-order valence-electron chi connectivity index (χ3n) is 10.1. The summed E-state index contributed by atoms with van der Waals surface area (Å²) in [6.45, 7) is 13.0. The van der Waals surface area contributed by atoms with Crippen LogP contribution in [-0.4, -0.2) is 108 Å². The molecule has 4 aliphatic heterocycles. The number of rotatable bonds is 1. The highest BCUT2D eigenvalue weighted by molar-refractivity contribution is 6.01. The first-order chi connectivity index (χ1) is 30.8. The fourth-order valence-electron chi connectivity index (χ4n) is 7.10. The van der Waals surface area contributed by atoms with Crippen LogP contribution in [0.3, 0.4) is 0 Å². The normalized spacial score (nSPS) is 19.8. The van der Waals surface area contributed by atoms with Crippen molar-refractivity contribution >= 4 is 40.7 Å². The zero-order valence-corrected chi connectivity index (χ0v) is 34.2. The Morgan fingerprint density at radius 1 is 0.797 bits per heavy atom. The molecule has 22 nitrogen and oxygen atoms in total. The Balaban J connectivity index is 0.000000165. The number of anilines is 2. The van der Waals surface area contributed by atoms with E-state index in [4.69, 9.17) is 36.5 Å². The number of primary amides is 1. The molecule has 4 atom stereocenters. The van der Waals surface area contributed by atoms with Gasteiger partial charge in [-0.1, -0.05) is 0 Å². The Morgan fingerprint density at radius 2 is 1.27 bits per heavy atom. The molecule has 328 valence electrons. The first-order valence-electron chi connectivity index (χ1n) is 19.5. The number of nitriles is 1. The highest BCUT2D eigenvalue weighted by Crippen LogP contribution is 2.37. The standard InChI is InChI=1S/C19H18FN7O4.C19H16FN7O3.C2H3N/c1-9-7-31-19-10(2-11(20)3-22-19)5-26-13(15(21)28)8-30-14-6-27-16(25-17(14)26)12(4-23-27)18(29)24-9;1-10-8-30-19-11(3-12(20)4-22-19)6-26-15(21-2)9-29-14-7-27-16(25-17(14)26)13(5-23-27)18(28)24-10;1-2-3/h2-4,6,9,13H,5,7-8H2,1H3,(H2,21,28)(H,24,29);3-5,7,10,15H,6,8-9H2,1H3,(H,24,28);1H3/t9-,13+;10-,15+;/m11./s1. The monoisotopic (exact) mass is 877 g/mol. The molecule has 6 aromatic rings. The number of pyridine rings is 2. The maximum Gasteiger partial charge on any atom is 0.333 e. The van der Waals surface area contributed by atoms with E-state index < -0.39 is 29.7 Å². The Bertz CT molecular complexity index is 2900. The quantitative estimate of drug-likeness (QED) is 0.200. The highest BCUT2D eigenvalue weighted by Gasteiger charge is 2.37. The number of nitrogens with zero attached hydrogens (tertiary/aromatic N) is 12. The van der Waals surface area contributed by atoms with Gasteiger partial charge in [0.05, 0.1) is 68.4 Å². The number of carbonyl (C=O) groups is 3. The van der Waals surface area contributed by atoms with Crippen molar-refractivity contribution in [1.29, 1.82) is 5.26 Å². The largest absolute Gasteiger partial charge is 0.485 e. The number of amides is 3. The summed E-state index contributed by atoms with van der Waals surface area (Å²) in [7, 11) is 0. The number of hydrogen-bond donors (Lipinski definition) is 3. The number of aromatic nitrogens is 8. The third kappa shape index (κ3) is 8.31. The molecule has 0 fully saturated rings. The van der Waals surface area contributed by atoms with Crippen molar-refractivity contribution < 1.29 is 42.1 Å². The van der Waals surface area contributed by atoms with E-state index in [1.165, 1.54) is 40.5 Å². The lowest BCUT2D eigenvalue weighted by molar-refractivity contribution is -0.120. The fourth-order valence-corrected chi connectivity index (χ4v) is 7.10. The molecule has 0 radical (unpaired) electrons. The molecule has 3 amide bonds. The molecular weight excluding hydrogens is 841 g/mol. The van der Waals surface area contributed by atoms with E-state index in [-0.39, 0.29) is 97.8 Å². The molecule has 10 heterocycles. The maximum atomic E-state index is 14.0. The van der Waals surface area contributed by atoms with Crippen LogP contribution in [0.15, 0.2) is 49.3 Å². The van der Waals surface area contributed by atoms with Crippen LogP contribution in [0.25, 0.3) is 16.1 Å². The van der Waals surface area contributed by atoms with Gasteiger partial charge in [0.1, 0.15) is 48.6 Å². The number of nitrogens with two attached hydrogens (primary N) is 1. The summed E-state index contributed by atoms with van der Waals surface area (Å²) in [5, 5.41) is 21.4. The molecule has 0 aliphatic carbocycles. The van der Waals surface area contributed by atoms with Gasteiger partial charge >= 0.3 is 6.17 Å². The van der Waals surface area contributed by atoms with Crippen LogP contribution in [0.5, 0.6) is 23.3 Å². The zero-order chi connectivity index (χ0) is 45.2. The number of nitrogens with one attached hydrogen (secondary N) is 2. The molecule has 4 bridgehead atoms. The summed E-state index contributed by atoms with van der Waals surface area (Å²) in [6, 6.07) is 2.75.